The lowest BCUT2D eigenvalue weighted by atomic mass is 10.1. The predicted molar refractivity (Wildman–Crippen MR) is 118 cm³/mol. The third kappa shape index (κ3) is 3.94. The van der Waals surface area contributed by atoms with Crippen LogP contribution in [0, 0.1) is 5.41 Å². The number of nitrogens with zero attached hydrogens (tertiary/aromatic N) is 2. The number of aliphatic hydroxyl groups excluding tert-OH is 1. The van der Waals surface area contributed by atoms with Gasteiger partial charge < -0.3 is 14.2 Å². The molecule has 7 heteroatoms. The molecule has 1 atom stereocenters. The van der Waals surface area contributed by atoms with Crippen molar-refractivity contribution in [3.63, 3.8) is 0 Å². The van der Waals surface area contributed by atoms with E-state index in [0.717, 1.165) is 16.6 Å². The molecule has 0 aliphatic carbocycles. The molecule has 1 heterocycles. The number of fused-ring (bicyclic) bond motifs is 1. The first kappa shape index (κ1) is 20.0. The average molecular weight is 447 g/mol. The van der Waals surface area contributed by atoms with Crippen LogP contribution in [0.25, 0.3) is 11.0 Å². The zero-order chi connectivity index (χ0) is 20.5. The standard InChI is InChI=1S/C22H18Cl3N3O/c23-16-6-2-1-5-15(16)12-27-19-7-3-4-8-20(19)28(22(27)26)13-21(29)14-9-10-17(24)18(25)11-14/h1-11,21,26,29H,12-13H2/t21-/m1/s1. The maximum absolute atomic E-state index is 10.8. The van der Waals surface area contributed by atoms with Crippen molar-refractivity contribution in [2.24, 2.45) is 0 Å². The van der Waals surface area contributed by atoms with Crippen molar-refractivity contribution in [1.82, 2.24) is 9.13 Å². The number of aromatic nitrogens is 2. The van der Waals surface area contributed by atoms with Gasteiger partial charge in [0.1, 0.15) is 0 Å². The van der Waals surface area contributed by atoms with E-state index in [1.807, 2.05) is 53.1 Å². The van der Waals surface area contributed by atoms with Crippen LogP contribution >= 0.6 is 34.8 Å². The number of para-hydroxylation sites is 2. The molecule has 0 radical (unpaired) electrons. The first-order chi connectivity index (χ1) is 14.0. The quantitative estimate of drug-likeness (QED) is 0.408. The molecule has 0 saturated carbocycles. The van der Waals surface area contributed by atoms with Crippen LogP contribution in [0.15, 0.2) is 66.7 Å². The van der Waals surface area contributed by atoms with Crippen molar-refractivity contribution < 1.29 is 5.11 Å². The van der Waals surface area contributed by atoms with Crippen LogP contribution in [0.4, 0.5) is 0 Å². The van der Waals surface area contributed by atoms with Gasteiger partial charge in [-0.1, -0.05) is 71.2 Å². The largest absolute Gasteiger partial charge is 0.387 e. The molecule has 1 aromatic heterocycles. The summed E-state index contributed by atoms with van der Waals surface area (Å²) in [5.41, 5.74) is 3.63. The summed E-state index contributed by atoms with van der Waals surface area (Å²) in [6.45, 7) is 0.682. The van der Waals surface area contributed by atoms with Crippen LogP contribution in [0.5, 0.6) is 0 Å². The van der Waals surface area contributed by atoms with Gasteiger partial charge in [0.15, 0.2) is 0 Å². The Morgan fingerprint density at radius 3 is 2.14 bits per heavy atom. The van der Waals surface area contributed by atoms with Crippen molar-refractivity contribution >= 4 is 45.8 Å². The molecule has 4 rings (SSSR count). The van der Waals surface area contributed by atoms with E-state index in [-0.39, 0.29) is 12.2 Å². The summed E-state index contributed by atoms with van der Waals surface area (Å²) >= 11 is 18.4. The summed E-state index contributed by atoms with van der Waals surface area (Å²) in [6.07, 6.45) is -0.835. The molecule has 0 spiro atoms. The van der Waals surface area contributed by atoms with E-state index in [0.29, 0.717) is 27.2 Å². The molecule has 4 aromatic rings. The third-order valence-corrected chi connectivity index (χ3v) is 6.05. The Bertz CT molecular complexity index is 1250. The average Bonchev–Trinajstić information content (AvgIpc) is 2.97. The zero-order valence-electron chi connectivity index (χ0n) is 15.3. The molecule has 2 N–H and O–H groups in total. The summed E-state index contributed by atoms with van der Waals surface area (Å²) in [4.78, 5) is 0. The van der Waals surface area contributed by atoms with Crippen LogP contribution in [0.2, 0.25) is 15.1 Å². The zero-order valence-corrected chi connectivity index (χ0v) is 17.6. The summed E-state index contributed by atoms with van der Waals surface area (Å²) in [5.74, 6) is 0. The number of rotatable bonds is 5. The van der Waals surface area contributed by atoms with Gasteiger partial charge >= 0.3 is 0 Å². The van der Waals surface area contributed by atoms with Gasteiger partial charge in [-0.2, -0.15) is 0 Å². The van der Waals surface area contributed by atoms with E-state index in [1.165, 1.54) is 0 Å². The molecular formula is C22H18Cl3N3O. The Hall–Kier alpha value is -2.24. The topological polar surface area (TPSA) is 53.9 Å². The van der Waals surface area contributed by atoms with E-state index in [4.69, 9.17) is 40.2 Å². The summed E-state index contributed by atoms with van der Waals surface area (Å²) < 4.78 is 3.68. The van der Waals surface area contributed by atoms with Crippen molar-refractivity contribution in [2.45, 2.75) is 19.2 Å². The second-order valence-electron chi connectivity index (χ2n) is 6.79. The minimum Gasteiger partial charge on any atom is -0.387 e. The number of halogens is 3. The van der Waals surface area contributed by atoms with Crippen LogP contribution in [0.3, 0.4) is 0 Å². The first-order valence-corrected chi connectivity index (χ1v) is 10.2. The normalized spacial score (nSPS) is 12.4. The second-order valence-corrected chi connectivity index (χ2v) is 8.01. The van der Waals surface area contributed by atoms with Crippen LogP contribution in [0.1, 0.15) is 17.2 Å². The van der Waals surface area contributed by atoms with E-state index in [9.17, 15) is 5.11 Å². The highest BCUT2D eigenvalue weighted by atomic mass is 35.5. The van der Waals surface area contributed by atoms with E-state index in [2.05, 4.69) is 0 Å². The number of imidazole rings is 1. The summed E-state index contributed by atoms with van der Waals surface area (Å²) in [6, 6.07) is 20.4. The number of aliphatic hydroxyl groups is 1. The van der Waals surface area contributed by atoms with Crippen molar-refractivity contribution in [1.29, 1.82) is 5.41 Å². The van der Waals surface area contributed by atoms with Crippen molar-refractivity contribution in [3.8, 4) is 0 Å². The predicted octanol–water partition coefficient (Wildman–Crippen LogP) is 5.66. The second kappa shape index (κ2) is 8.25. The molecule has 0 saturated heterocycles. The van der Waals surface area contributed by atoms with E-state index >= 15 is 0 Å². The molecule has 0 aliphatic rings. The Kier molecular flexibility index (Phi) is 5.70. The van der Waals surface area contributed by atoms with Crippen LogP contribution < -0.4 is 5.62 Å². The molecule has 29 heavy (non-hydrogen) atoms. The fraction of sp³-hybridized carbons (Fsp3) is 0.136. The molecule has 4 nitrogen and oxygen atoms in total. The lowest BCUT2D eigenvalue weighted by Crippen LogP contribution is -2.27. The molecule has 0 bridgehead atoms. The third-order valence-electron chi connectivity index (χ3n) is 4.94. The van der Waals surface area contributed by atoms with Gasteiger partial charge in [0.05, 0.1) is 40.3 Å². The van der Waals surface area contributed by atoms with Gasteiger partial charge in [0.2, 0.25) is 5.62 Å². The highest BCUT2D eigenvalue weighted by molar-refractivity contribution is 6.42. The molecular weight excluding hydrogens is 429 g/mol. The molecule has 0 unspecified atom stereocenters. The van der Waals surface area contributed by atoms with Crippen molar-refractivity contribution in [3.05, 3.63) is 98.5 Å². The Morgan fingerprint density at radius 2 is 1.45 bits per heavy atom. The summed E-state index contributed by atoms with van der Waals surface area (Å²) in [7, 11) is 0. The minimum absolute atomic E-state index is 0.215. The Morgan fingerprint density at radius 1 is 0.793 bits per heavy atom. The van der Waals surface area contributed by atoms with E-state index in [1.54, 1.807) is 22.8 Å². The highest BCUT2D eigenvalue weighted by Crippen LogP contribution is 2.27. The number of hydrogen-bond acceptors (Lipinski definition) is 2. The highest BCUT2D eigenvalue weighted by Gasteiger charge is 2.16. The van der Waals surface area contributed by atoms with Crippen LogP contribution in [-0.2, 0) is 13.1 Å². The minimum atomic E-state index is -0.835. The molecule has 3 aromatic carbocycles. The van der Waals surface area contributed by atoms with Gasteiger partial charge in [-0.05, 0) is 41.5 Å². The molecule has 0 fully saturated rings. The maximum atomic E-state index is 10.8. The van der Waals surface area contributed by atoms with Gasteiger partial charge in [-0.15, -0.1) is 0 Å². The fourth-order valence-corrected chi connectivity index (χ4v) is 3.94. The number of benzene rings is 3. The van der Waals surface area contributed by atoms with Crippen LogP contribution in [-0.4, -0.2) is 14.2 Å². The number of hydrogen-bond donors (Lipinski definition) is 2. The van der Waals surface area contributed by atoms with Gasteiger partial charge in [0, 0.05) is 5.02 Å². The van der Waals surface area contributed by atoms with E-state index < -0.39 is 6.10 Å². The first-order valence-electron chi connectivity index (χ1n) is 9.05. The smallest absolute Gasteiger partial charge is 0.203 e. The molecule has 0 amide bonds. The Labute approximate surface area is 183 Å². The maximum Gasteiger partial charge on any atom is 0.203 e. The van der Waals surface area contributed by atoms with Gasteiger partial charge in [-0.25, -0.2) is 0 Å². The lowest BCUT2D eigenvalue weighted by Gasteiger charge is -2.13. The Balaban J connectivity index is 1.75. The van der Waals surface area contributed by atoms with Crippen molar-refractivity contribution in [2.75, 3.05) is 0 Å². The van der Waals surface area contributed by atoms with Gasteiger partial charge in [0.25, 0.3) is 0 Å². The fourth-order valence-electron chi connectivity index (χ4n) is 3.43. The monoisotopic (exact) mass is 445 g/mol. The molecule has 148 valence electrons. The SMILES string of the molecule is N=c1n(Cc2ccccc2Cl)c2ccccc2n1C[C@@H](O)c1ccc(Cl)c(Cl)c1. The number of nitrogens with one attached hydrogen (secondary N) is 1. The molecule has 0 aliphatic heterocycles. The van der Waals surface area contributed by atoms with Gasteiger partial charge in [-0.3, -0.25) is 5.41 Å². The lowest BCUT2D eigenvalue weighted by molar-refractivity contribution is 0.156. The summed E-state index contributed by atoms with van der Waals surface area (Å²) in [5, 5.41) is 21.0.